The summed E-state index contributed by atoms with van der Waals surface area (Å²) < 4.78 is 0. The number of hydrogen-bond donors (Lipinski definition) is 2. The predicted octanol–water partition coefficient (Wildman–Crippen LogP) is 2.43. The summed E-state index contributed by atoms with van der Waals surface area (Å²) in [6, 6.07) is 3.90. The van der Waals surface area contributed by atoms with Gasteiger partial charge < -0.3 is 10.6 Å². The Morgan fingerprint density at radius 1 is 1.50 bits per heavy atom. The lowest BCUT2D eigenvalue weighted by Crippen LogP contribution is -2.40. The second-order valence-corrected chi connectivity index (χ2v) is 4.92. The maximum Gasteiger partial charge on any atom is 0.270 e. The Morgan fingerprint density at radius 3 is 2.78 bits per heavy atom. The quantitative estimate of drug-likeness (QED) is 0.840. The molecule has 1 aliphatic carbocycles. The molecule has 0 saturated heterocycles. The molecular formula is C14H21N3O. The third kappa shape index (κ3) is 3.00. The molecule has 1 saturated carbocycles. The van der Waals surface area contributed by atoms with Crippen LogP contribution in [0, 0.1) is 5.92 Å². The summed E-state index contributed by atoms with van der Waals surface area (Å²) in [5, 5.41) is 6.18. The van der Waals surface area contributed by atoms with E-state index in [2.05, 4.69) is 22.5 Å². The van der Waals surface area contributed by atoms with E-state index in [1.807, 2.05) is 13.0 Å². The van der Waals surface area contributed by atoms with Crippen LogP contribution in [0.5, 0.6) is 0 Å². The van der Waals surface area contributed by atoms with Gasteiger partial charge in [-0.1, -0.05) is 6.42 Å². The molecule has 4 heteroatoms. The first kappa shape index (κ1) is 12.9. The van der Waals surface area contributed by atoms with Crippen LogP contribution in [0.4, 0.5) is 5.69 Å². The van der Waals surface area contributed by atoms with E-state index in [-0.39, 0.29) is 11.9 Å². The number of pyridine rings is 1. The second-order valence-electron chi connectivity index (χ2n) is 4.92. The van der Waals surface area contributed by atoms with Crippen molar-refractivity contribution >= 4 is 11.6 Å². The third-order valence-corrected chi connectivity index (χ3v) is 3.59. The summed E-state index contributed by atoms with van der Waals surface area (Å²) in [5.74, 6) is 0.576. The van der Waals surface area contributed by atoms with Crippen molar-refractivity contribution in [1.82, 2.24) is 10.3 Å². The number of aromatic nitrogens is 1. The van der Waals surface area contributed by atoms with Gasteiger partial charge in [-0.25, -0.2) is 4.98 Å². The molecule has 1 aromatic rings. The largest absolute Gasteiger partial charge is 0.384 e. The van der Waals surface area contributed by atoms with Gasteiger partial charge in [-0.05, 0) is 44.7 Å². The summed E-state index contributed by atoms with van der Waals surface area (Å²) in [6.45, 7) is 4.96. The fraction of sp³-hybridized carbons (Fsp3) is 0.571. The molecular weight excluding hydrogens is 226 g/mol. The fourth-order valence-corrected chi connectivity index (χ4v) is 2.18. The van der Waals surface area contributed by atoms with Crippen LogP contribution in [-0.2, 0) is 0 Å². The molecule has 1 aromatic heterocycles. The number of rotatable bonds is 5. The molecule has 1 fully saturated rings. The van der Waals surface area contributed by atoms with Crippen LogP contribution in [-0.4, -0.2) is 23.5 Å². The van der Waals surface area contributed by atoms with Gasteiger partial charge in [-0.2, -0.15) is 0 Å². The standard InChI is InChI=1S/C14H21N3O/c1-3-15-12-7-8-13(16-9-12)14(18)17-10(2)11-5-4-6-11/h7-11,15H,3-6H2,1-2H3,(H,17,18). The molecule has 1 unspecified atom stereocenters. The molecule has 98 valence electrons. The summed E-state index contributed by atoms with van der Waals surface area (Å²) in [5.41, 5.74) is 1.43. The monoisotopic (exact) mass is 247 g/mol. The summed E-state index contributed by atoms with van der Waals surface area (Å²) in [4.78, 5) is 16.2. The molecule has 1 atom stereocenters. The van der Waals surface area contributed by atoms with Crippen molar-refractivity contribution < 1.29 is 4.79 Å². The van der Waals surface area contributed by atoms with E-state index in [1.54, 1.807) is 12.3 Å². The highest BCUT2D eigenvalue weighted by molar-refractivity contribution is 5.92. The zero-order valence-corrected chi connectivity index (χ0v) is 11.1. The van der Waals surface area contributed by atoms with Gasteiger partial charge in [0.2, 0.25) is 0 Å². The van der Waals surface area contributed by atoms with Crippen molar-refractivity contribution in [3.63, 3.8) is 0 Å². The first-order chi connectivity index (χ1) is 8.70. The maximum atomic E-state index is 12.0. The van der Waals surface area contributed by atoms with Gasteiger partial charge in [0.25, 0.3) is 5.91 Å². The Morgan fingerprint density at radius 2 is 2.28 bits per heavy atom. The van der Waals surface area contributed by atoms with Gasteiger partial charge in [0.1, 0.15) is 5.69 Å². The lowest BCUT2D eigenvalue weighted by molar-refractivity contribution is 0.0904. The molecule has 4 nitrogen and oxygen atoms in total. The molecule has 0 radical (unpaired) electrons. The van der Waals surface area contributed by atoms with E-state index in [0.717, 1.165) is 12.2 Å². The number of anilines is 1. The van der Waals surface area contributed by atoms with Gasteiger partial charge in [0.05, 0.1) is 11.9 Å². The van der Waals surface area contributed by atoms with Crippen molar-refractivity contribution in [2.24, 2.45) is 5.92 Å². The molecule has 0 spiro atoms. The minimum atomic E-state index is -0.0718. The van der Waals surface area contributed by atoms with Crippen LogP contribution in [0.2, 0.25) is 0 Å². The second kappa shape index (κ2) is 5.85. The molecule has 2 rings (SSSR count). The van der Waals surface area contributed by atoms with Gasteiger partial charge in [-0.3, -0.25) is 4.79 Å². The minimum Gasteiger partial charge on any atom is -0.384 e. The van der Waals surface area contributed by atoms with Crippen molar-refractivity contribution in [2.45, 2.75) is 39.2 Å². The maximum absolute atomic E-state index is 12.0. The molecule has 1 aliphatic rings. The van der Waals surface area contributed by atoms with Gasteiger partial charge >= 0.3 is 0 Å². The number of nitrogens with one attached hydrogen (secondary N) is 2. The lowest BCUT2D eigenvalue weighted by Gasteiger charge is -2.31. The average Bonchev–Trinajstić information content (AvgIpc) is 2.27. The third-order valence-electron chi connectivity index (χ3n) is 3.59. The highest BCUT2D eigenvalue weighted by Crippen LogP contribution is 2.29. The normalized spacial score (nSPS) is 16.8. The van der Waals surface area contributed by atoms with Crippen molar-refractivity contribution in [3.8, 4) is 0 Å². The van der Waals surface area contributed by atoms with E-state index in [4.69, 9.17) is 0 Å². The zero-order chi connectivity index (χ0) is 13.0. The SMILES string of the molecule is CCNc1ccc(C(=O)NC(C)C2CCC2)nc1. The number of carbonyl (C=O) groups is 1. The van der Waals surface area contributed by atoms with Gasteiger partial charge in [0.15, 0.2) is 0 Å². The molecule has 18 heavy (non-hydrogen) atoms. The van der Waals surface area contributed by atoms with Crippen molar-refractivity contribution in [2.75, 3.05) is 11.9 Å². The first-order valence-corrected chi connectivity index (χ1v) is 6.71. The van der Waals surface area contributed by atoms with Crippen LogP contribution in [0.15, 0.2) is 18.3 Å². The highest BCUT2D eigenvalue weighted by Gasteiger charge is 2.25. The Balaban J connectivity index is 1.91. The van der Waals surface area contributed by atoms with E-state index < -0.39 is 0 Å². The van der Waals surface area contributed by atoms with Crippen LogP contribution in [0.3, 0.4) is 0 Å². The fourth-order valence-electron chi connectivity index (χ4n) is 2.18. The minimum absolute atomic E-state index is 0.0718. The number of nitrogens with zero attached hydrogens (tertiary/aromatic N) is 1. The molecule has 0 aromatic carbocycles. The van der Waals surface area contributed by atoms with Crippen LogP contribution < -0.4 is 10.6 Å². The topological polar surface area (TPSA) is 54.0 Å². The lowest BCUT2D eigenvalue weighted by atomic mass is 9.80. The van der Waals surface area contributed by atoms with E-state index in [9.17, 15) is 4.79 Å². The summed E-state index contributed by atoms with van der Waals surface area (Å²) in [6.07, 6.45) is 5.45. The van der Waals surface area contributed by atoms with Gasteiger partial charge in [0, 0.05) is 12.6 Å². The molecule has 2 N–H and O–H groups in total. The van der Waals surface area contributed by atoms with Crippen molar-refractivity contribution in [3.05, 3.63) is 24.0 Å². The van der Waals surface area contributed by atoms with E-state index in [0.29, 0.717) is 11.6 Å². The van der Waals surface area contributed by atoms with E-state index >= 15 is 0 Å². The summed E-state index contributed by atoms with van der Waals surface area (Å²) in [7, 11) is 0. The first-order valence-electron chi connectivity index (χ1n) is 6.71. The zero-order valence-electron chi connectivity index (χ0n) is 11.1. The molecule has 0 aliphatic heterocycles. The van der Waals surface area contributed by atoms with Crippen LogP contribution >= 0.6 is 0 Å². The highest BCUT2D eigenvalue weighted by atomic mass is 16.1. The number of amides is 1. The van der Waals surface area contributed by atoms with E-state index in [1.165, 1.54) is 19.3 Å². The average molecular weight is 247 g/mol. The summed E-state index contributed by atoms with van der Waals surface area (Å²) >= 11 is 0. The number of hydrogen-bond acceptors (Lipinski definition) is 3. The van der Waals surface area contributed by atoms with Crippen molar-refractivity contribution in [1.29, 1.82) is 0 Å². The Labute approximate surface area is 108 Å². The van der Waals surface area contributed by atoms with Crippen LogP contribution in [0.25, 0.3) is 0 Å². The van der Waals surface area contributed by atoms with Gasteiger partial charge in [-0.15, -0.1) is 0 Å². The molecule has 1 heterocycles. The Bertz CT molecular complexity index is 398. The predicted molar refractivity (Wildman–Crippen MR) is 72.7 cm³/mol. The van der Waals surface area contributed by atoms with Crippen LogP contribution in [0.1, 0.15) is 43.6 Å². The Hall–Kier alpha value is -1.58. The Kier molecular flexibility index (Phi) is 4.18. The molecule has 1 amide bonds. The molecule has 0 bridgehead atoms. The number of carbonyl (C=O) groups excluding carboxylic acids is 1. The smallest absolute Gasteiger partial charge is 0.270 e.